The van der Waals surface area contributed by atoms with Crippen molar-refractivity contribution < 1.29 is 4.79 Å². The van der Waals surface area contributed by atoms with Crippen molar-refractivity contribution in [2.45, 2.75) is 33.1 Å². The Morgan fingerprint density at radius 3 is 2.65 bits per heavy atom. The molecule has 17 heavy (non-hydrogen) atoms. The zero-order valence-electron chi connectivity index (χ0n) is 10.8. The summed E-state index contributed by atoms with van der Waals surface area (Å²) in [4.78, 5) is 12.5. The number of carbonyl (C=O) groups excluding carboxylic acids is 1. The van der Waals surface area contributed by atoms with Gasteiger partial charge in [0.1, 0.15) is 4.88 Å². The van der Waals surface area contributed by atoms with Gasteiger partial charge in [0, 0.05) is 18.5 Å². The fourth-order valence-corrected chi connectivity index (χ4v) is 2.14. The van der Waals surface area contributed by atoms with E-state index in [1.807, 2.05) is 27.7 Å². The third-order valence-electron chi connectivity index (χ3n) is 2.24. The maximum absolute atomic E-state index is 11.9. The number of nitrogens with one attached hydrogen (secondary N) is 2. The van der Waals surface area contributed by atoms with Crippen molar-refractivity contribution in [3.8, 4) is 0 Å². The Labute approximate surface area is 106 Å². The Hall–Kier alpha value is -1.01. The zero-order valence-corrected chi connectivity index (χ0v) is 11.6. The highest BCUT2D eigenvalue weighted by Gasteiger charge is 2.25. The normalized spacial score (nSPS) is 11.5. The topological polar surface area (TPSA) is 66.9 Å². The molecule has 1 rings (SSSR count). The van der Waals surface area contributed by atoms with Gasteiger partial charge in [-0.1, -0.05) is 32.2 Å². The first kappa shape index (κ1) is 14.1. The van der Waals surface area contributed by atoms with E-state index in [0.29, 0.717) is 11.4 Å². The summed E-state index contributed by atoms with van der Waals surface area (Å²) < 4.78 is 3.87. The van der Waals surface area contributed by atoms with E-state index < -0.39 is 0 Å². The molecule has 0 aliphatic rings. The molecule has 0 spiro atoms. The van der Waals surface area contributed by atoms with Crippen LogP contribution in [0.1, 0.15) is 43.1 Å². The van der Waals surface area contributed by atoms with E-state index in [1.54, 1.807) is 0 Å². The lowest BCUT2D eigenvalue weighted by atomic mass is 9.91. The quantitative estimate of drug-likeness (QED) is 0.776. The lowest BCUT2D eigenvalue weighted by molar-refractivity contribution is 0.0955. The molecule has 2 N–H and O–H groups in total. The van der Waals surface area contributed by atoms with Crippen LogP contribution in [0.3, 0.4) is 0 Å². The van der Waals surface area contributed by atoms with Gasteiger partial charge >= 0.3 is 0 Å². The number of likely N-dealkylation sites (N-methyl/N-ethyl adjacent to an activating group) is 1. The highest BCUT2D eigenvalue weighted by Crippen LogP contribution is 2.25. The summed E-state index contributed by atoms with van der Waals surface area (Å²) >= 11 is 1.15. The van der Waals surface area contributed by atoms with Crippen LogP contribution < -0.4 is 10.6 Å². The van der Waals surface area contributed by atoms with Crippen LogP contribution in [0.4, 0.5) is 0 Å². The van der Waals surface area contributed by atoms with Crippen molar-refractivity contribution in [2.24, 2.45) is 0 Å². The van der Waals surface area contributed by atoms with Gasteiger partial charge in [0.25, 0.3) is 5.91 Å². The maximum atomic E-state index is 11.9. The molecule has 0 aromatic carbocycles. The van der Waals surface area contributed by atoms with Gasteiger partial charge in [-0.05, 0) is 18.1 Å². The molecule has 5 nitrogen and oxygen atoms in total. The average molecular weight is 256 g/mol. The Morgan fingerprint density at radius 1 is 1.35 bits per heavy atom. The van der Waals surface area contributed by atoms with Crippen molar-refractivity contribution in [1.29, 1.82) is 0 Å². The third kappa shape index (κ3) is 4.05. The Kier molecular flexibility index (Phi) is 5.02. The molecule has 0 saturated carbocycles. The molecule has 0 radical (unpaired) electrons. The van der Waals surface area contributed by atoms with Crippen LogP contribution in [-0.4, -0.2) is 35.1 Å². The molecule has 1 heterocycles. The van der Waals surface area contributed by atoms with Crippen LogP contribution >= 0.6 is 11.5 Å². The van der Waals surface area contributed by atoms with Gasteiger partial charge < -0.3 is 10.6 Å². The Morgan fingerprint density at radius 2 is 2.06 bits per heavy atom. The van der Waals surface area contributed by atoms with Gasteiger partial charge in [0.15, 0.2) is 0 Å². The molecule has 1 aromatic rings. The summed E-state index contributed by atoms with van der Waals surface area (Å²) in [5.74, 6) is -0.0807. The molecule has 6 heteroatoms. The zero-order chi connectivity index (χ0) is 12.9. The minimum atomic E-state index is -0.151. The van der Waals surface area contributed by atoms with E-state index in [-0.39, 0.29) is 11.3 Å². The summed E-state index contributed by atoms with van der Waals surface area (Å²) in [5.41, 5.74) is 0.616. The first-order valence-electron chi connectivity index (χ1n) is 5.78. The summed E-state index contributed by atoms with van der Waals surface area (Å²) in [7, 11) is 0. The molecule has 0 aliphatic heterocycles. The number of nitrogens with zero attached hydrogens (tertiary/aromatic N) is 2. The molecule has 0 fully saturated rings. The standard InChI is InChI=1S/C11H20N4OS/c1-5-12-6-7-13-10(16)8-9(11(2,3)4)14-15-17-8/h12H,5-7H2,1-4H3,(H,13,16). The average Bonchev–Trinajstić information content (AvgIpc) is 2.72. The first-order chi connectivity index (χ1) is 7.96. The van der Waals surface area contributed by atoms with Gasteiger partial charge in [-0.2, -0.15) is 0 Å². The molecule has 0 unspecified atom stereocenters. The maximum Gasteiger partial charge on any atom is 0.265 e. The van der Waals surface area contributed by atoms with E-state index in [0.717, 1.165) is 30.3 Å². The number of amides is 1. The van der Waals surface area contributed by atoms with E-state index >= 15 is 0 Å². The van der Waals surface area contributed by atoms with Crippen molar-refractivity contribution in [3.63, 3.8) is 0 Å². The molecular weight excluding hydrogens is 236 g/mol. The van der Waals surface area contributed by atoms with Crippen LogP contribution in [0.5, 0.6) is 0 Å². The van der Waals surface area contributed by atoms with Gasteiger partial charge in [0.05, 0.1) is 5.69 Å². The van der Waals surface area contributed by atoms with Crippen LogP contribution in [0.15, 0.2) is 0 Å². The van der Waals surface area contributed by atoms with Gasteiger partial charge in [-0.3, -0.25) is 4.79 Å². The minimum absolute atomic E-state index is 0.0807. The highest BCUT2D eigenvalue weighted by molar-refractivity contribution is 7.08. The number of aromatic nitrogens is 2. The second-order valence-electron chi connectivity index (χ2n) is 4.81. The molecule has 0 bridgehead atoms. The van der Waals surface area contributed by atoms with Crippen molar-refractivity contribution in [2.75, 3.05) is 19.6 Å². The second-order valence-corrected chi connectivity index (χ2v) is 5.56. The SMILES string of the molecule is CCNCCNC(=O)c1snnc1C(C)(C)C. The van der Waals surface area contributed by atoms with Gasteiger partial charge in [-0.25, -0.2) is 0 Å². The van der Waals surface area contributed by atoms with Crippen LogP contribution in [-0.2, 0) is 5.41 Å². The van der Waals surface area contributed by atoms with Crippen molar-refractivity contribution >= 4 is 17.4 Å². The Bertz CT molecular complexity index is 370. The lowest BCUT2D eigenvalue weighted by Crippen LogP contribution is -2.32. The van der Waals surface area contributed by atoms with E-state index in [1.165, 1.54) is 0 Å². The number of hydrogen-bond acceptors (Lipinski definition) is 5. The van der Waals surface area contributed by atoms with Crippen molar-refractivity contribution in [1.82, 2.24) is 20.2 Å². The summed E-state index contributed by atoms with van der Waals surface area (Å²) in [6, 6.07) is 0. The number of carbonyl (C=O) groups is 1. The van der Waals surface area contributed by atoms with E-state index in [9.17, 15) is 4.79 Å². The lowest BCUT2D eigenvalue weighted by Gasteiger charge is -2.16. The summed E-state index contributed by atoms with van der Waals surface area (Å²) in [5, 5.41) is 10.1. The molecule has 96 valence electrons. The monoisotopic (exact) mass is 256 g/mol. The summed E-state index contributed by atoms with van der Waals surface area (Å²) in [6.07, 6.45) is 0. The third-order valence-corrected chi connectivity index (χ3v) is 2.97. The Balaban J connectivity index is 2.61. The summed E-state index contributed by atoms with van der Waals surface area (Å²) in [6.45, 7) is 10.4. The second kappa shape index (κ2) is 6.07. The molecular formula is C11H20N4OS. The van der Waals surface area contributed by atoms with Crippen molar-refractivity contribution in [3.05, 3.63) is 10.6 Å². The molecule has 0 saturated heterocycles. The predicted octanol–water partition coefficient (Wildman–Crippen LogP) is 1.17. The molecule has 1 amide bonds. The van der Waals surface area contributed by atoms with Crippen LogP contribution in [0.2, 0.25) is 0 Å². The first-order valence-corrected chi connectivity index (χ1v) is 6.56. The van der Waals surface area contributed by atoms with Crippen LogP contribution in [0, 0.1) is 0 Å². The smallest absolute Gasteiger partial charge is 0.265 e. The van der Waals surface area contributed by atoms with Gasteiger partial charge in [0.2, 0.25) is 0 Å². The van der Waals surface area contributed by atoms with Crippen LogP contribution in [0.25, 0.3) is 0 Å². The number of rotatable bonds is 5. The number of hydrogen-bond donors (Lipinski definition) is 2. The van der Waals surface area contributed by atoms with E-state index in [4.69, 9.17) is 0 Å². The highest BCUT2D eigenvalue weighted by atomic mass is 32.1. The molecule has 1 aromatic heterocycles. The predicted molar refractivity (Wildman–Crippen MR) is 69.5 cm³/mol. The fraction of sp³-hybridized carbons (Fsp3) is 0.727. The van der Waals surface area contributed by atoms with Gasteiger partial charge in [-0.15, -0.1) is 5.10 Å². The molecule has 0 aliphatic carbocycles. The van der Waals surface area contributed by atoms with E-state index in [2.05, 4.69) is 20.2 Å². The fourth-order valence-electron chi connectivity index (χ4n) is 1.35. The molecule has 0 atom stereocenters. The minimum Gasteiger partial charge on any atom is -0.350 e. The largest absolute Gasteiger partial charge is 0.350 e.